The molecule has 1 aromatic carbocycles. The summed E-state index contributed by atoms with van der Waals surface area (Å²) in [4.78, 5) is 24.5. The van der Waals surface area contributed by atoms with E-state index in [9.17, 15) is 14.7 Å². The van der Waals surface area contributed by atoms with Crippen molar-refractivity contribution in [1.29, 1.82) is 0 Å². The number of likely N-dealkylation sites (N-methyl/N-ethyl adjacent to an activating group) is 1. The van der Waals surface area contributed by atoms with Crippen LogP contribution in [0.2, 0.25) is 0 Å². The number of amides is 1. The lowest BCUT2D eigenvalue weighted by Gasteiger charge is -2.31. The Balaban J connectivity index is 1.87. The van der Waals surface area contributed by atoms with Crippen molar-refractivity contribution in [2.45, 2.75) is 38.3 Å². The van der Waals surface area contributed by atoms with Gasteiger partial charge >= 0.3 is 12.1 Å². The minimum Gasteiger partial charge on any atom is -0.480 e. The fourth-order valence-corrected chi connectivity index (χ4v) is 2.42. The van der Waals surface area contributed by atoms with Crippen LogP contribution in [0, 0.1) is 5.92 Å². The third-order valence-electron chi connectivity index (χ3n) is 4.03. The minimum absolute atomic E-state index is 0.153. The van der Waals surface area contributed by atoms with Gasteiger partial charge in [0.05, 0.1) is 0 Å². The number of aliphatic carboxylic acids is 1. The first-order chi connectivity index (χ1) is 10.1. The van der Waals surface area contributed by atoms with E-state index in [0.717, 1.165) is 24.8 Å². The summed E-state index contributed by atoms with van der Waals surface area (Å²) in [6.45, 7) is 0.153. The van der Waals surface area contributed by atoms with Crippen molar-refractivity contribution in [3.63, 3.8) is 0 Å². The van der Waals surface area contributed by atoms with E-state index in [-0.39, 0.29) is 6.61 Å². The van der Waals surface area contributed by atoms with Crippen LogP contribution < -0.4 is 0 Å². The van der Waals surface area contributed by atoms with Gasteiger partial charge in [-0.1, -0.05) is 49.6 Å². The van der Waals surface area contributed by atoms with Crippen LogP contribution in [0.3, 0.4) is 0 Å². The van der Waals surface area contributed by atoms with Gasteiger partial charge in [0.15, 0.2) is 0 Å². The first-order valence-electron chi connectivity index (χ1n) is 7.24. The Bertz CT molecular complexity index is 484. The summed E-state index contributed by atoms with van der Waals surface area (Å²) in [5.41, 5.74) is 0.880. The van der Waals surface area contributed by atoms with Crippen molar-refractivity contribution < 1.29 is 19.4 Å². The van der Waals surface area contributed by atoms with Crippen LogP contribution >= 0.6 is 0 Å². The number of rotatable bonds is 6. The van der Waals surface area contributed by atoms with E-state index in [0.29, 0.717) is 12.3 Å². The largest absolute Gasteiger partial charge is 0.480 e. The van der Waals surface area contributed by atoms with Crippen LogP contribution in [0.5, 0.6) is 0 Å². The zero-order valence-corrected chi connectivity index (χ0v) is 12.2. The number of benzene rings is 1. The van der Waals surface area contributed by atoms with Gasteiger partial charge in [-0.25, -0.2) is 9.59 Å². The van der Waals surface area contributed by atoms with Crippen LogP contribution in [-0.4, -0.2) is 35.2 Å². The molecule has 1 atom stereocenters. The molecule has 1 N–H and O–H groups in total. The molecular formula is C16H21NO4. The fraction of sp³-hybridized carbons (Fsp3) is 0.500. The van der Waals surface area contributed by atoms with Crippen LogP contribution in [0.1, 0.15) is 31.2 Å². The van der Waals surface area contributed by atoms with Gasteiger partial charge in [0.25, 0.3) is 0 Å². The Morgan fingerprint density at radius 1 is 1.33 bits per heavy atom. The summed E-state index contributed by atoms with van der Waals surface area (Å²) in [5.74, 6) is -0.559. The predicted octanol–water partition coefficient (Wildman–Crippen LogP) is 2.90. The Hall–Kier alpha value is -2.04. The number of carbonyl (C=O) groups excluding carboxylic acids is 1. The standard InChI is InChI=1S/C16H21NO4/c1-17(14(15(18)19)10-12-8-5-9-12)16(20)21-11-13-6-3-2-4-7-13/h2-4,6-7,12,14H,5,8-11H2,1H3,(H,18,19). The van der Waals surface area contributed by atoms with E-state index in [1.165, 1.54) is 11.9 Å². The Morgan fingerprint density at radius 3 is 2.52 bits per heavy atom. The minimum atomic E-state index is -0.971. The molecule has 0 aliphatic heterocycles. The van der Waals surface area contributed by atoms with Gasteiger partial charge in [0, 0.05) is 7.05 Å². The topological polar surface area (TPSA) is 66.8 Å². The van der Waals surface area contributed by atoms with Gasteiger partial charge < -0.3 is 9.84 Å². The second-order valence-corrected chi connectivity index (χ2v) is 5.54. The Morgan fingerprint density at radius 2 is 2.00 bits per heavy atom. The van der Waals surface area contributed by atoms with Crippen LogP contribution in [0.15, 0.2) is 30.3 Å². The summed E-state index contributed by atoms with van der Waals surface area (Å²) in [6.07, 6.45) is 3.17. The van der Waals surface area contributed by atoms with Crippen LogP contribution in [0.4, 0.5) is 4.79 Å². The first-order valence-corrected chi connectivity index (χ1v) is 7.24. The highest BCUT2D eigenvalue weighted by Gasteiger charge is 2.32. The number of hydrogen-bond acceptors (Lipinski definition) is 3. The molecule has 1 amide bonds. The monoisotopic (exact) mass is 291 g/mol. The lowest BCUT2D eigenvalue weighted by molar-refractivity contribution is -0.143. The van der Waals surface area contributed by atoms with E-state index >= 15 is 0 Å². The maximum atomic E-state index is 12.0. The van der Waals surface area contributed by atoms with Gasteiger partial charge in [-0.15, -0.1) is 0 Å². The lowest BCUT2D eigenvalue weighted by atomic mass is 9.80. The summed E-state index contributed by atoms with van der Waals surface area (Å²) in [6, 6.07) is 8.52. The quantitative estimate of drug-likeness (QED) is 0.875. The number of carboxylic acid groups (broad SMARTS) is 1. The molecule has 0 saturated heterocycles. The SMILES string of the molecule is CN(C(=O)OCc1ccccc1)C(CC1CCC1)C(=O)O. The molecule has 0 bridgehead atoms. The maximum Gasteiger partial charge on any atom is 0.410 e. The zero-order valence-electron chi connectivity index (χ0n) is 12.2. The second kappa shape index (κ2) is 7.11. The molecule has 0 spiro atoms. The number of carbonyl (C=O) groups is 2. The van der Waals surface area contributed by atoms with Gasteiger partial charge in [0.1, 0.15) is 12.6 Å². The molecule has 1 aliphatic rings. The molecule has 0 heterocycles. The van der Waals surface area contributed by atoms with Crippen molar-refractivity contribution in [3.8, 4) is 0 Å². The molecule has 5 heteroatoms. The second-order valence-electron chi connectivity index (χ2n) is 5.54. The molecule has 1 unspecified atom stereocenters. The summed E-state index contributed by atoms with van der Waals surface area (Å²) < 4.78 is 5.18. The Kier molecular flexibility index (Phi) is 5.20. The third-order valence-corrected chi connectivity index (χ3v) is 4.03. The predicted molar refractivity (Wildman–Crippen MR) is 77.8 cm³/mol. The smallest absolute Gasteiger partial charge is 0.410 e. The van der Waals surface area contributed by atoms with Gasteiger partial charge in [-0.3, -0.25) is 4.90 Å². The fourth-order valence-electron chi connectivity index (χ4n) is 2.42. The molecule has 0 aromatic heterocycles. The number of hydrogen-bond donors (Lipinski definition) is 1. The van der Waals surface area contributed by atoms with Gasteiger partial charge in [-0.05, 0) is 17.9 Å². The normalized spacial score (nSPS) is 15.9. The van der Waals surface area contributed by atoms with E-state index in [2.05, 4.69) is 0 Å². The molecule has 0 radical (unpaired) electrons. The van der Waals surface area contributed by atoms with E-state index in [1.54, 1.807) is 0 Å². The van der Waals surface area contributed by atoms with Crippen LogP contribution in [0.25, 0.3) is 0 Å². The van der Waals surface area contributed by atoms with Crippen LogP contribution in [-0.2, 0) is 16.1 Å². The molecule has 2 rings (SSSR count). The molecule has 1 saturated carbocycles. The van der Waals surface area contributed by atoms with Crippen molar-refractivity contribution in [3.05, 3.63) is 35.9 Å². The molecule has 1 fully saturated rings. The zero-order chi connectivity index (χ0) is 15.2. The molecule has 1 aliphatic carbocycles. The summed E-state index contributed by atoms with van der Waals surface area (Å²) >= 11 is 0. The van der Waals surface area contributed by atoms with Crippen molar-refractivity contribution in [1.82, 2.24) is 4.90 Å². The number of carboxylic acids is 1. The first kappa shape index (κ1) is 15.4. The number of nitrogens with zero attached hydrogens (tertiary/aromatic N) is 1. The van der Waals surface area contributed by atoms with Crippen molar-refractivity contribution in [2.24, 2.45) is 5.92 Å². The maximum absolute atomic E-state index is 12.0. The Labute approximate surface area is 124 Å². The molecule has 21 heavy (non-hydrogen) atoms. The summed E-state index contributed by atoms with van der Waals surface area (Å²) in [5, 5.41) is 9.30. The van der Waals surface area contributed by atoms with E-state index in [1.807, 2.05) is 30.3 Å². The van der Waals surface area contributed by atoms with E-state index < -0.39 is 18.1 Å². The number of ether oxygens (including phenoxy) is 1. The molecule has 5 nitrogen and oxygen atoms in total. The van der Waals surface area contributed by atoms with Gasteiger partial charge in [-0.2, -0.15) is 0 Å². The molecule has 1 aromatic rings. The lowest BCUT2D eigenvalue weighted by Crippen LogP contribution is -2.44. The highest BCUT2D eigenvalue weighted by molar-refractivity contribution is 5.79. The average molecular weight is 291 g/mol. The average Bonchev–Trinajstić information content (AvgIpc) is 2.43. The highest BCUT2D eigenvalue weighted by Crippen LogP contribution is 2.31. The van der Waals surface area contributed by atoms with Crippen molar-refractivity contribution >= 4 is 12.1 Å². The molecule has 114 valence electrons. The third kappa shape index (κ3) is 4.21. The molecular weight excluding hydrogens is 270 g/mol. The highest BCUT2D eigenvalue weighted by atomic mass is 16.6. The summed E-state index contributed by atoms with van der Waals surface area (Å²) in [7, 11) is 1.49. The van der Waals surface area contributed by atoms with E-state index in [4.69, 9.17) is 4.74 Å². The van der Waals surface area contributed by atoms with Gasteiger partial charge in [0.2, 0.25) is 0 Å². The van der Waals surface area contributed by atoms with Crippen molar-refractivity contribution in [2.75, 3.05) is 7.05 Å².